The van der Waals surface area contributed by atoms with Gasteiger partial charge in [-0.15, -0.1) is 0 Å². The zero-order valence-electron chi connectivity index (χ0n) is 40.9. The van der Waals surface area contributed by atoms with E-state index in [0.717, 1.165) is 103 Å². The maximum Gasteiger partial charge on any atom is 0.306 e. The molecule has 0 saturated heterocycles. The van der Waals surface area contributed by atoms with Crippen molar-refractivity contribution in [1.29, 1.82) is 0 Å². The molecule has 1 atom stereocenters. The van der Waals surface area contributed by atoms with Crippen molar-refractivity contribution in [1.82, 2.24) is 0 Å². The minimum atomic E-state index is -0.568. The number of hydrogen-bond acceptors (Lipinski definition) is 5. The van der Waals surface area contributed by atoms with Crippen molar-refractivity contribution in [2.75, 3.05) is 19.8 Å². The first-order valence-electron chi connectivity index (χ1n) is 26.1. The van der Waals surface area contributed by atoms with Gasteiger partial charge < -0.3 is 14.2 Å². The molecule has 1 unspecified atom stereocenters. The second-order valence-corrected chi connectivity index (χ2v) is 17.0. The Labute approximate surface area is 384 Å². The molecule has 0 rings (SSSR count). The summed E-state index contributed by atoms with van der Waals surface area (Å²) in [5.74, 6) is -0.435. The molecular weight excluding hydrogens is 765 g/mol. The summed E-state index contributed by atoms with van der Waals surface area (Å²) in [7, 11) is 0. The maximum atomic E-state index is 12.8. The fourth-order valence-corrected chi connectivity index (χ4v) is 7.04. The molecule has 0 aromatic heterocycles. The van der Waals surface area contributed by atoms with Crippen LogP contribution in [0.15, 0.2) is 85.1 Å². The molecule has 0 radical (unpaired) electrons. The Hall–Kier alpha value is -2.92. The van der Waals surface area contributed by atoms with E-state index in [0.29, 0.717) is 19.4 Å². The normalized spacial score (nSPS) is 12.9. The average Bonchev–Trinajstić information content (AvgIpc) is 3.27. The molecule has 0 bridgehead atoms. The van der Waals surface area contributed by atoms with Gasteiger partial charge >= 0.3 is 11.9 Å². The van der Waals surface area contributed by atoms with Crippen LogP contribution in [0.5, 0.6) is 0 Å². The highest BCUT2D eigenvalue weighted by atomic mass is 16.6. The van der Waals surface area contributed by atoms with Crippen LogP contribution in [0.2, 0.25) is 0 Å². The van der Waals surface area contributed by atoms with Gasteiger partial charge in [-0.3, -0.25) is 9.59 Å². The monoisotopic (exact) mass is 863 g/mol. The molecular formula is C57H98O5. The lowest BCUT2D eigenvalue weighted by Crippen LogP contribution is -2.30. The lowest BCUT2D eigenvalue weighted by Gasteiger charge is -2.18. The summed E-state index contributed by atoms with van der Waals surface area (Å²) in [6, 6.07) is 0. The van der Waals surface area contributed by atoms with Crippen molar-refractivity contribution in [2.45, 2.75) is 245 Å². The van der Waals surface area contributed by atoms with Gasteiger partial charge in [0.1, 0.15) is 6.61 Å². The van der Waals surface area contributed by atoms with E-state index in [9.17, 15) is 9.59 Å². The van der Waals surface area contributed by atoms with Gasteiger partial charge in [0.2, 0.25) is 0 Å². The minimum absolute atomic E-state index is 0.0608. The smallest absolute Gasteiger partial charge is 0.306 e. The van der Waals surface area contributed by atoms with Crippen LogP contribution in [0.3, 0.4) is 0 Å². The summed E-state index contributed by atoms with van der Waals surface area (Å²) in [5.41, 5.74) is 0. The Balaban J connectivity index is 4.36. The highest BCUT2D eigenvalue weighted by Crippen LogP contribution is 2.15. The van der Waals surface area contributed by atoms with Crippen LogP contribution in [0.4, 0.5) is 0 Å². The first kappa shape index (κ1) is 59.1. The van der Waals surface area contributed by atoms with Crippen molar-refractivity contribution >= 4 is 11.9 Å². The number of esters is 2. The molecule has 0 aromatic carbocycles. The average molecular weight is 863 g/mol. The summed E-state index contributed by atoms with van der Waals surface area (Å²) in [6.07, 6.45) is 68.8. The van der Waals surface area contributed by atoms with Crippen LogP contribution >= 0.6 is 0 Å². The van der Waals surface area contributed by atoms with E-state index in [1.165, 1.54) is 103 Å². The van der Waals surface area contributed by atoms with Crippen LogP contribution in [0.1, 0.15) is 239 Å². The van der Waals surface area contributed by atoms with Crippen LogP contribution in [0.25, 0.3) is 0 Å². The van der Waals surface area contributed by atoms with Gasteiger partial charge in [-0.05, 0) is 89.9 Å². The summed E-state index contributed by atoms with van der Waals surface area (Å²) < 4.78 is 17.4. The van der Waals surface area contributed by atoms with Crippen molar-refractivity contribution in [3.63, 3.8) is 0 Å². The second kappa shape index (κ2) is 52.4. The summed E-state index contributed by atoms with van der Waals surface area (Å²) in [6.45, 7) is 7.55. The second-order valence-electron chi connectivity index (χ2n) is 17.0. The Morgan fingerprint density at radius 1 is 0.371 bits per heavy atom. The molecule has 0 amide bonds. The van der Waals surface area contributed by atoms with Crippen LogP contribution < -0.4 is 0 Å². The number of rotatable bonds is 47. The van der Waals surface area contributed by atoms with Crippen molar-refractivity contribution in [3.8, 4) is 0 Å². The topological polar surface area (TPSA) is 61.8 Å². The van der Waals surface area contributed by atoms with Crippen LogP contribution in [0, 0.1) is 0 Å². The Bertz CT molecular complexity index is 1160. The molecule has 62 heavy (non-hydrogen) atoms. The molecule has 0 spiro atoms. The molecule has 0 heterocycles. The highest BCUT2D eigenvalue weighted by molar-refractivity contribution is 5.70. The predicted molar refractivity (Wildman–Crippen MR) is 270 cm³/mol. The molecule has 0 saturated carbocycles. The van der Waals surface area contributed by atoms with Gasteiger partial charge in [-0.25, -0.2) is 0 Å². The summed E-state index contributed by atoms with van der Waals surface area (Å²) in [5, 5.41) is 0. The van der Waals surface area contributed by atoms with Crippen molar-refractivity contribution in [2.24, 2.45) is 0 Å². The minimum Gasteiger partial charge on any atom is -0.462 e. The van der Waals surface area contributed by atoms with Crippen molar-refractivity contribution < 1.29 is 23.8 Å². The van der Waals surface area contributed by atoms with Gasteiger partial charge in [-0.1, -0.05) is 221 Å². The van der Waals surface area contributed by atoms with Gasteiger partial charge in [0, 0.05) is 19.4 Å². The molecule has 0 fully saturated rings. The van der Waals surface area contributed by atoms with E-state index in [1.54, 1.807) is 0 Å². The predicted octanol–water partition coefficient (Wildman–Crippen LogP) is 17.7. The first-order chi connectivity index (χ1) is 30.6. The number of allylic oxidation sites excluding steroid dienone is 14. The molecule has 5 nitrogen and oxygen atoms in total. The largest absolute Gasteiger partial charge is 0.462 e. The number of carbonyl (C=O) groups is 2. The molecule has 0 aliphatic carbocycles. The van der Waals surface area contributed by atoms with E-state index < -0.39 is 6.10 Å². The fourth-order valence-electron chi connectivity index (χ4n) is 7.04. The lowest BCUT2D eigenvalue weighted by molar-refractivity contribution is -0.163. The number of unbranched alkanes of at least 4 members (excludes halogenated alkanes) is 22. The van der Waals surface area contributed by atoms with Crippen LogP contribution in [-0.2, 0) is 23.8 Å². The molecule has 5 heteroatoms. The van der Waals surface area contributed by atoms with Crippen molar-refractivity contribution in [3.05, 3.63) is 85.1 Å². The Morgan fingerprint density at radius 2 is 0.758 bits per heavy atom. The van der Waals surface area contributed by atoms with Crippen LogP contribution in [-0.4, -0.2) is 37.9 Å². The SMILES string of the molecule is CC/C=C\C/C=C\C/C=C\C/C=C\C/C=C\CCCCOCC(COC(=O)CCCCCCCCCCCCCCCCC)OC(=O)CCCCCCC/C=C\C/C=C\CCC. The third-order valence-corrected chi connectivity index (χ3v) is 10.9. The number of ether oxygens (including phenoxy) is 3. The molecule has 0 aliphatic rings. The molecule has 0 aromatic rings. The van der Waals surface area contributed by atoms with Gasteiger partial charge in [0.05, 0.1) is 6.61 Å². The van der Waals surface area contributed by atoms with E-state index >= 15 is 0 Å². The zero-order chi connectivity index (χ0) is 44.9. The number of carbonyl (C=O) groups excluding carboxylic acids is 2. The Kier molecular flexibility index (Phi) is 50.0. The Morgan fingerprint density at radius 3 is 1.23 bits per heavy atom. The van der Waals surface area contributed by atoms with E-state index in [4.69, 9.17) is 14.2 Å². The highest BCUT2D eigenvalue weighted by Gasteiger charge is 2.17. The fraction of sp³-hybridized carbons (Fsp3) is 0.719. The molecule has 356 valence electrons. The third kappa shape index (κ3) is 49.7. The quantitative estimate of drug-likeness (QED) is 0.0346. The molecule has 0 aliphatic heterocycles. The van der Waals surface area contributed by atoms with E-state index in [2.05, 4.69) is 106 Å². The van der Waals surface area contributed by atoms with Gasteiger partial charge in [0.15, 0.2) is 6.10 Å². The summed E-state index contributed by atoms with van der Waals surface area (Å²) in [4.78, 5) is 25.4. The standard InChI is InChI=1S/C57H98O5/c1-4-7-10-13-16-19-22-25-27-28-29-31-34-37-40-43-46-49-52-60-53-55(62-57(59)51-48-45-42-39-36-32-24-21-18-15-12-9-6-3)54-61-56(58)50-47-44-41-38-35-33-30-26-23-20-17-14-11-8-5-2/h7,10,12,15-16,19,21,24-25,27,29,31,37,40,55H,4-6,8-9,11,13-14,17-18,20,22-23,26,28,30,32-36,38-39,41-54H2,1-3H3/b10-7-,15-12-,19-16-,24-21-,27-25-,31-29-,40-37-. The third-order valence-electron chi connectivity index (χ3n) is 10.9. The van der Waals surface area contributed by atoms with E-state index in [1.807, 2.05) is 0 Å². The molecule has 0 N–H and O–H groups in total. The van der Waals surface area contributed by atoms with Gasteiger partial charge in [-0.2, -0.15) is 0 Å². The summed E-state index contributed by atoms with van der Waals surface area (Å²) >= 11 is 0. The van der Waals surface area contributed by atoms with Gasteiger partial charge in [0.25, 0.3) is 0 Å². The zero-order valence-corrected chi connectivity index (χ0v) is 40.9. The maximum absolute atomic E-state index is 12.8. The first-order valence-corrected chi connectivity index (χ1v) is 26.1. The lowest BCUT2D eigenvalue weighted by atomic mass is 10.0. The number of hydrogen-bond donors (Lipinski definition) is 0. The van der Waals surface area contributed by atoms with E-state index in [-0.39, 0.29) is 25.2 Å².